The van der Waals surface area contributed by atoms with Crippen molar-refractivity contribution in [2.45, 2.75) is 13.8 Å². The van der Waals surface area contributed by atoms with Gasteiger partial charge in [-0.2, -0.15) is 0 Å². The fourth-order valence-electron chi connectivity index (χ4n) is 1.31. The summed E-state index contributed by atoms with van der Waals surface area (Å²) in [6.07, 6.45) is 0. The van der Waals surface area contributed by atoms with Crippen molar-refractivity contribution >= 4 is 21.6 Å². The van der Waals surface area contributed by atoms with Gasteiger partial charge in [0.05, 0.1) is 17.7 Å². The van der Waals surface area contributed by atoms with Gasteiger partial charge in [0.15, 0.2) is 0 Å². The van der Waals surface area contributed by atoms with Crippen molar-refractivity contribution in [1.82, 2.24) is 0 Å². The van der Waals surface area contributed by atoms with Gasteiger partial charge in [-0.05, 0) is 40.5 Å². The fourth-order valence-corrected chi connectivity index (χ4v) is 1.65. The topological polar surface area (TPSA) is 52.5 Å². The van der Waals surface area contributed by atoms with E-state index in [1.165, 1.54) is 6.07 Å². The van der Waals surface area contributed by atoms with E-state index < -0.39 is 5.41 Å². The number of aliphatic hydroxyl groups is 2. The molecule has 5 heteroatoms. The van der Waals surface area contributed by atoms with E-state index in [2.05, 4.69) is 21.2 Å². The predicted octanol–water partition coefficient (Wildman–Crippen LogP) is 2.30. The lowest BCUT2D eigenvalue weighted by Gasteiger charge is -2.26. The third-order valence-corrected chi connectivity index (χ3v) is 3.34. The number of aliphatic hydroxyl groups excluding tert-OH is 2. The molecule has 0 heterocycles. The number of hydrogen-bond acceptors (Lipinski definition) is 3. The zero-order valence-electron chi connectivity index (χ0n) is 9.93. The first-order valence-corrected chi connectivity index (χ1v) is 6.12. The minimum Gasteiger partial charge on any atom is -0.396 e. The van der Waals surface area contributed by atoms with Gasteiger partial charge in [-0.25, -0.2) is 4.39 Å². The fraction of sp³-hybridized carbons (Fsp3) is 0.500. The number of anilines is 1. The van der Waals surface area contributed by atoms with E-state index in [9.17, 15) is 4.39 Å². The molecule has 0 aromatic heterocycles. The first-order valence-electron chi connectivity index (χ1n) is 5.33. The van der Waals surface area contributed by atoms with Crippen LogP contribution in [0.4, 0.5) is 10.1 Å². The van der Waals surface area contributed by atoms with Crippen LogP contribution in [0, 0.1) is 18.2 Å². The van der Waals surface area contributed by atoms with Crippen molar-refractivity contribution < 1.29 is 14.6 Å². The Morgan fingerprint density at radius 1 is 1.35 bits per heavy atom. The van der Waals surface area contributed by atoms with Crippen LogP contribution in [0.15, 0.2) is 16.6 Å². The number of hydrogen-bond donors (Lipinski definition) is 3. The molecule has 3 N–H and O–H groups in total. The number of benzene rings is 1. The summed E-state index contributed by atoms with van der Waals surface area (Å²) in [4.78, 5) is 0. The monoisotopic (exact) mass is 305 g/mol. The van der Waals surface area contributed by atoms with Crippen LogP contribution in [0.5, 0.6) is 0 Å². The molecule has 96 valence electrons. The molecule has 0 bridgehead atoms. The summed E-state index contributed by atoms with van der Waals surface area (Å²) in [5.41, 5.74) is 0.975. The zero-order chi connectivity index (χ0) is 13.1. The Hall–Kier alpha value is -0.650. The van der Waals surface area contributed by atoms with Crippen molar-refractivity contribution in [2.24, 2.45) is 5.41 Å². The Balaban J connectivity index is 2.79. The molecular formula is C12H17BrFNO2. The van der Waals surface area contributed by atoms with Gasteiger partial charge in [0, 0.05) is 17.6 Å². The minimum absolute atomic E-state index is 0.113. The Labute approximate surface area is 109 Å². The van der Waals surface area contributed by atoms with Crippen LogP contribution in [0.25, 0.3) is 0 Å². The average Bonchev–Trinajstić information content (AvgIpc) is 2.32. The van der Waals surface area contributed by atoms with Crippen LogP contribution < -0.4 is 5.32 Å². The van der Waals surface area contributed by atoms with Gasteiger partial charge in [-0.1, -0.05) is 6.92 Å². The molecule has 0 unspecified atom stereocenters. The smallest absolute Gasteiger partial charge is 0.137 e. The molecule has 0 saturated carbocycles. The molecule has 0 fully saturated rings. The average molecular weight is 306 g/mol. The molecule has 1 aromatic rings. The van der Waals surface area contributed by atoms with Crippen molar-refractivity contribution in [1.29, 1.82) is 0 Å². The van der Waals surface area contributed by atoms with Crippen LogP contribution in [-0.4, -0.2) is 30.0 Å². The summed E-state index contributed by atoms with van der Waals surface area (Å²) in [6.45, 7) is 3.76. The lowest BCUT2D eigenvalue weighted by Crippen LogP contribution is -2.34. The van der Waals surface area contributed by atoms with E-state index in [4.69, 9.17) is 10.2 Å². The van der Waals surface area contributed by atoms with E-state index in [1.807, 2.05) is 0 Å². The van der Waals surface area contributed by atoms with Gasteiger partial charge in [0.25, 0.3) is 0 Å². The molecule has 1 rings (SSSR count). The second-order valence-electron chi connectivity index (χ2n) is 4.56. The lowest BCUT2D eigenvalue weighted by molar-refractivity contribution is 0.0806. The molecule has 0 atom stereocenters. The molecule has 0 aliphatic carbocycles. The molecule has 1 aromatic carbocycles. The number of halogens is 2. The standard InChI is InChI=1S/C12H17BrFNO2/c1-8-3-10(14)9(13)4-11(8)15-5-12(2,6-16)7-17/h3-4,15-17H,5-7H2,1-2H3. The van der Waals surface area contributed by atoms with E-state index in [1.54, 1.807) is 19.9 Å². The maximum atomic E-state index is 13.2. The molecule has 0 aliphatic rings. The predicted molar refractivity (Wildman–Crippen MR) is 69.6 cm³/mol. The summed E-state index contributed by atoms with van der Waals surface area (Å²) < 4.78 is 13.6. The summed E-state index contributed by atoms with van der Waals surface area (Å²) in [7, 11) is 0. The number of rotatable bonds is 5. The van der Waals surface area contributed by atoms with Crippen molar-refractivity contribution in [3.63, 3.8) is 0 Å². The largest absolute Gasteiger partial charge is 0.396 e. The van der Waals surface area contributed by atoms with E-state index in [0.29, 0.717) is 11.0 Å². The lowest BCUT2D eigenvalue weighted by atomic mass is 9.93. The van der Waals surface area contributed by atoms with Gasteiger partial charge in [-0.15, -0.1) is 0 Å². The Morgan fingerprint density at radius 2 is 1.94 bits per heavy atom. The maximum Gasteiger partial charge on any atom is 0.137 e. The summed E-state index contributed by atoms with van der Waals surface area (Å²) in [5, 5.41) is 21.4. The highest BCUT2D eigenvalue weighted by Crippen LogP contribution is 2.25. The Morgan fingerprint density at radius 3 is 2.47 bits per heavy atom. The van der Waals surface area contributed by atoms with Crippen LogP contribution >= 0.6 is 15.9 Å². The highest BCUT2D eigenvalue weighted by atomic mass is 79.9. The summed E-state index contributed by atoms with van der Waals surface area (Å²) >= 11 is 3.12. The molecule has 3 nitrogen and oxygen atoms in total. The molecule has 0 spiro atoms. The zero-order valence-corrected chi connectivity index (χ0v) is 11.5. The summed E-state index contributed by atoms with van der Waals surface area (Å²) in [5.74, 6) is -0.305. The van der Waals surface area contributed by atoms with E-state index >= 15 is 0 Å². The van der Waals surface area contributed by atoms with Gasteiger partial charge in [0.2, 0.25) is 0 Å². The van der Waals surface area contributed by atoms with Gasteiger partial charge >= 0.3 is 0 Å². The second-order valence-corrected chi connectivity index (χ2v) is 5.42. The van der Waals surface area contributed by atoms with Crippen LogP contribution in [0.2, 0.25) is 0 Å². The van der Waals surface area contributed by atoms with Crippen molar-refractivity contribution in [2.75, 3.05) is 25.1 Å². The van der Waals surface area contributed by atoms with Crippen LogP contribution in [0.3, 0.4) is 0 Å². The second kappa shape index (κ2) is 5.80. The number of nitrogens with one attached hydrogen (secondary N) is 1. The van der Waals surface area contributed by atoms with E-state index in [0.717, 1.165) is 11.3 Å². The van der Waals surface area contributed by atoms with Crippen LogP contribution in [-0.2, 0) is 0 Å². The van der Waals surface area contributed by atoms with Gasteiger partial charge in [0.1, 0.15) is 5.82 Å². The highest BCUT2D eigenvalue weighted by Gasteiger charge is 2.22. The number of aryl methyl sites for hydroxylation is 1. The minimum atomic E-state index is -0.590. The molecular weight excluding hydrogens is 289 g/mol. The van der Waals surface area contributed by atoms with Crippen molar-refractivity contribution in [3.8, 4) is 0 Å². The molecule has 0 saturated heterocycles. The van der Waals surface area contributed by atoms with Gasteiger partial charge in [-0.3, -0.25) is 0 Å². The normalized spacial score (nSPS) is 11.6. The first-order chi connectivity index (χ1) is 7.91. The molecule has 0 amide bonds. The van der Waals surface area contributed by atoms with Crippen LogP contribution in [0.1, 0.15) is 12.5 Å². The third kappa shape index (κ3) is 3.66. The summed E-state index contributed by atoms with van der Waals surface area (Å²) in [6, 6.07) is 3.08. The molecule has 17 heavy (non-hydrogen) atoms. The molecule has 0 aliphatic heterocycles. The molecule has 0 radical (unpaired) electrons. The highest BCUT2D eigenvalue weighted by molar-refractivity contribution is 9.10. The third-order valence-electron chi connectivity index (χ3n) is 2.74. The van der Waals surface area contributed by atoms with Crippen molar-refractivity contribution in [3.05, 3.63) is 28.0 Å². The maximum absolute atomic E-state index is 13.2. The Kier molecular flexibility index (Phi) is 4.91. The Bertz CT molecular complexity index is 394. The first kappa shape index (κ1) is 14.4. The quantitative estimate of drug-likeness (QED) is 0.782. The SMILES string of the molecule is Cc1cc(F)c(Br)cc1NCC(C)(CO)CO. The van der Waals surface area contributed by atoms with Gasteiger partial charge < -0.3 is 15.5 Å². The van der Waals surface area contributed by atoms with E-state index in [-0.39, 0.29) is 19.0 Å².